The summed E-state index contributed by atoms with van der Waals surface area (Å²) in [6, 6.07) is 13.9. The van der Waals surface area contributed by atoms with E-state index in [0.29, 0.717) is 32.3 Å². The molecule has 0 saturated heterocycles. The maximum Gasteiger partial charge on any atom is 0.221 e. The summed E-state index contributed by atoms with van der Waals surface area (Å²) in [5, 5.41) is 9.42. The Morgan fingerprint density at radius 3 is 2.60 bits per heavy atom. The van der Waals surface area contributed by atoms with Crippen LogP contribution in [0.2, 0.25) is 0 Å². The van der Waals surface area contributed by atoms with Gasteiger partial charge in [-0.15, -0.1) is 0 Å². The van der Waals surface area contributed by atoms with E-state index in [-0.39, 0.29) is 5.91 Å². The third kappa shape index (κ3) is 8.13. The third-order valence-electron chi connectivity index (χ3n) is 4.35. The zero-order valence-electron chi connectivity index (χ0n) is 18.2. The second-order valence-electron chi connectivity index (χ2n) is 6.97. The Hall–Kier alpha value is -3.06. The summed E-state index contributed by atoms with van der Waals surface area (Å²) in [6.45, 7) is 6.01. The van der Waals surface area contributed by atoms with Crippen LogP contribution < -0.4 is 20.7 Å². The number of aliphatic imine (C=N–C) groups is 1. The van der Waals surface area contributed by atoms with Gasteiger partial charge in [-0.25, -0.2) is 0 Å². The number of carbonyl (C=O) groups excluding carboxylic acids is 1. The number of carbonyl (C=O) groups is 1. The quantitative estimate of drug-likeness (QED) is 0.317. The largest absolute Gasteiger partial charge is 0.493 e. The highest BCUT2D eigenvalue weighted by molar-refractivity contribution is 5.88. The van der Waals surface area contributed by atoms with Crippen molar-refractivity contribution >= 4 is 17.6 Å². The molecule has 0 aliphatic heterocycles. The Morgan fingerprint density at radius 1 is 1.07 bits per heavy atom. The van der Waals surface area contributed by atoms with Crippen molar-refractivity contribution in [1.82, 2.24) is 10.6 Å². The molecule has 0 bridgehead atoms. The van der Waals surface area contributed by atoms with Crippen LogP contribution in [-0.4, -0.2) is 39.2 Å². The molecule has 162 valence electrons. The number of aryl methyl sites for hydroxylation is 1. The molecule has 0 heterocycles. The molecular weight excluding hydrogens is 380 g/mol. The van der Waals surface area contributed by atoms with Gasteiger partial charge in [-0.05, 0) is 36.2 Å². The number of hydrogen-bond acceptors (Lipinski definition) is 4. The molecule has 0 radical (unpaired) electrons. The zero-order chi connectivity index (χ0) is 21.8. The Kier molecular flexibility index (Phi) is 9.67. The van der Waals surface area contributed by atoms with E-state index in [1.807, 2.05) is 30.3 Å². The number of ether oxygens (including phenoxy) is 2. The molecule has 30 heavy (non-hydrogen) atoms. The molecule has 0 fully saturated rings. The van der Waals surface area contributed by atoms with Crippen LogP contribution >= 0.6 is 0 Å². The lowest BCUT2D eigenvalue weighted by molar-refractivity contribution is -0.114. The van der Waals surface area contributed by atoms with Gasteiger partial charge in [0.15, 0.2) is 5.96 Å². The van der Waals surface area contributed by atoms with Crippen LogP contribution in [0.4, 0.5) is 5.69 Å². The molecule has 0 aliphatic carbocycles. The van der Waals surface area contributed by atoms with E-state index in [0.717, 1.165) is 34.5 Å². The number of hydrogen-bond donors (Lipinski definition) is 3. The van der Waals surface area contributed by atoms with Gasteiger partial charge in [0, 0.05) is 58.4 Å². The highest BCUT2D eigenvalue weighted by Crippen LogP contribution is 2.20. The fourth-order valence-electron chi connectivity index (χ4n) is 2.88. The maximum absolute atomic E-state index is 11.2. The molecule has 1 amide bonds. The summed E-state index contributed by atoms with van der Waals surface area (Å²) >= 11 is 0. The van der Waals surface area contributed by atoms with Gasteiger partial charge in [0.25, 0.3) is 0 Å². The van der Waals surface area contributed by atoms with E-state index < -0.39 is 0 Å². The summed E-state index contributed by atoms with van der Waals surface area (Å²) in [5.41, 5.74) is 4.04. The van der Waals surface area contributed by atoms with Gasteiger partial charge >= 0.3 is 0 Å². The van der Waals surface area contributed by atoms with Gasteiger partial charge < -0.3 is 25.4 Å². The van der Waals surface area contributed by atoms with Crippen molar-refractivity contribution in [2.45, 2.75) is 33.4 Å². The molecule has 0 aromatic heterocycles. The molecule has 2 aromatic carbocycles. The normalized spacial score (nSPS) is 11.1. The minimum Gasteiger partial charge on any atom is -0.493 e. The molecule has 0 saturated carbocycles. The minimum atomic E-state index is -0.0871. The van der Waals surface area contributed by atoms with E-state index in [2.05, 4.69) is 40.0 Å². The number of rotatable bonds is 10. The van der Waals surface area contributed by atoms with E-state index >= 15 is 0 Å². The Labute approximate surface area is 178 Å². The summed E-state index contributed by atoms with van der Waals surface area (Å²) in [7, 11) is 3.43. The van der Waals surface area contributed by atoms with Crippen LogP contribution in [-0.2, 0) is 22.6 Å². The van der Waals surface area contributed by atoms with Gasteiger partial charge in [-0.2, -0.15) is 0 Å². The number of anilines is 1. The van der Waals surface area contributed by atoms with Crippen LogP contribution in [0.25, 0.3) is 0 Å². The summed E-state index contributed by atoms with van der Waals surface area (Å²) < 4.78 is 11.0. The monoisotopic (exact) mass is 412 g/mol. The highest BCUT2D eigenvalue weighted by atomic mass is 16.5. The minimum absolute atomic E-state index is 0.0871. The first-order chi connectivity index (χ1) is 14.5. The van der Waals surface area contributed by atoms with Crippen molar-refractivity contribution in [1.29, 1.82) is 0 Å². The Balaban J connectivity index is 1.92. The predicted molar refractivity (Wildman–Crippen MR) is 121 cm³/mol. The molecule has 7 nitrogen and oxygen atoms in total. The van der Waals surface area contributed by atoms with Crippen molar-refractivity contribution in [2.75, 3.05) is 32.7 Å². The smallest absolute Gasteiger partial charge is 0.221 e. The van der Waals surface area contributed by atoms with Gasteiger partial charge in [-0.3, -0.25) is 9.79 Å². The van der Waals surface area contributed by atoms with E-state index in [9.17, 15) is 4.79 Å². The lowest BCUT2D eigenvalue weighted by atomic mass is 10.1. The van der Waals surface area contributed by atoms with Crippen LogP contribution in [0.1, 0.15) is 30.0 Å². The van der Waals surface area contributed by atoms with Crippen molar-refractivity contribution in [2.24, 2.45) is 4.99 Å². The fraction of sp³-hybridized carbons (Fsp3) is 0.391. The lowest BCUT2D eigenvalue weighted by Gasteiger charge is -2.16. The molecule has 0 aliphatic rings. The van der Waals surface area contributed by atoms with Crippen molar-refractivity contribution in [3.05, 3.63) is 59.2 Å². The number of guanidine groups is 1. The third-order valence-corrected chi connectivity index (χ3v) is 4.35. The number of amides is 1. The van der Waals surface area contributed by atoms with Gasteiger partial charge in [0.2, 0.25) is 5.91 Å². The standard InChI is InChI=1S/C23H32N4O3/c1-17-9-10-20(22(13-17)30-12-6-11-29-4)16-26-23(24-3)25-15-19-7-5-8-21(14-19)27-18(2)28/h5,7-10,13-14H,6,11-12,15-16H2,1-4H3,(H,27,28)(H2,24,25,26). The van der Waals surface area contributed by atoms with Gasteiger partial charge in [-0.1, -0.05) is 24.3 Å². The molecule has 0 spiro atoms. The molecule has 0 unspecified atom stereocenters. The van der Waals surface area contributed by atoms with Gasteiger partial charge in [0.1, 0.15) is 5.75 Å². The van der Waals surface area contributed by atoms with Crippen molar-refractivity contribution < 1.29 is 14.3 Å². The second-order valence-corrected chi connectivity index (χ2v) is 6.97. The average molecular weight is 413 g/mol. The van der Waals surface area contributed by atoms with Crippen LogP contribution in [0.5, 0.6) is 5.75 Å². The van der Waals surface area contributed by atoms with Crippen LogP contribution in [0.3, 0.4) is 0 Å². The summed E-state index contributed by atoms with van der Waals surface area (Å²) in [4.78, 5) is 15.5. The van der Waals surface area contributed by atoms with Crippen molar-refractivity contribution in [3.8, 4) is 5.75 Å². The van der Waals surface area contributed by atoms with Crippen molar-refractivity contribution in [3.63, 3.8) is 0 Å². The second kappa shape index (κ2) is 12.5. The van der Waals surface area contributed by atoms with E-state index in [1.54, 1.807) is 14.2 Å². The molecule has 7 heteroatoms. The first-order valence-corrected chi connectivity index (χ1v) is 10.0. The number of benzene rings is 2. The number of nitrogens with one attached hydrogen (secondary N) is 3. The Morgan fingerprint density at radius 2 is 1.87 bits per heavy atom. The number of nitrogens with zero attached hydrogens (tertiary/aromatic N) is 1. The van der Waals surface area contributed by atoms with E-state index in [1.165, 1.54) is 6.92 Å². The topological polar surface area (TPSA) is 84.0 Å². The molecule has 2 rings (SSSR count). The van der Waals surface area contributed by atoms with Gasteiger partial charge in [0.05, 0.1) is 6.61 Å². The van der Waals surface area contributed by atoms with Crippen LogP contribution in [0.15, 0.2) is 47.5 Å². The summed E-state index contributed by atoms with van der Waals surface area (Å²) in [6.07, 6.45) is 0.845. The lowest BCUT2D eigenvalue weighted by Crippen LogP contribution is -2.36. The Bertz CT molecular complexity index is 852. The highest BCUT2D eigenvalue weighted by Gasteiger charge is 2.07. The molecule has 3 N–H and O–H groups in total. The molecular formula is C23H32N4O3. The first kappa shape index (κ1) is 23.2. The molecule has 2 aromatic rings. The predicted octanol–water partition coefficient (Wildman–Crippen LogP) is 3.23. The SMILES string of the molecule is CN=C(NCc1cccc(NC(C)=O)c1)NCc1ccc(C)cc1OCCCOC. The summed E-state index contributed by atoms with van der Waals surface area (Å²) in [5.74, 6) is 1.47. The average Bonchev–Trinajstić information content (AvgIpc) is 2.72. The fourth-order valence-corrected chi connectivity index (χ4v) is 2.88. The maximum atomic E-state index is 11.2. The molecule has 0 atom stereocenters. The van der Waals surface area contributed by atoms with E-state index in [4.69, 9.17) is 9.47 Å². The zero-order valence-corrected chi connectivity index (χ0v) is 18.2. The first-order valence-electron chi connectivity index (χ1n) is 10.0. The van der Waals surface area contributed by atoms with Crippen LogP contribution in [0, 0.1) is 6.92 Å². The number of methoxy groups -OCH3 is 1.